The summed E-state index contributed by atoms with van der Waals surface area (Å²) in [6.07, 6.45) is 0. The number of hydrogen-bond acceptors (Lipinski definition) is 4. The van der Waals surface area contributed by atoms with Crippen LogP contribution in [0.25, 0.3) is 172 Å². The number of rotatable bonds is 10. The fourth-order valence-corrected chi connectivity index (χ4v) is 21.8. The first kappa shape index (κ1) is 64.7. The molecule has 21 aromatic rings. The summed E-state index contributed by atoms with van der Waals surface area (Å²) in [5.74, 6) is 0. The van der Waals surface area contributed by atoms with Gasteiger partial charge in [0.2, 0.25) is 0 Å². The van der Waals surface area contributed by atoms with Gasteiger partial charge in [-0.15, -0.1) is 22.7 Å². The van der Waals surface area contributed by atoms with E-state index in [4.69, 9.17) is 0 Å². The lowest BCUT2D eigenvalue weighted by Crippen LogP contribution is -2.17. The van der Waals surface area contributed by atoms with Crippen LogP contribution >= 0.6 is 22.7 Å². The van der Waals surface area contributed by atoms with E-state index in [1.54, 1.807) is 0 Å². The van der Waals surface area contributed by atoms with Gasteiger partial charge < -0.3 is 9.80 Å². The molecule has 2 aromatic heterocycles. The first-order valence-electron chi connectivity index (χ1n) is 39.0. The van der Waals surface area contributed by atoms with Crippen LogP contribution in [0, 0.1) is 0 Å². The third kappa shape index (κ3) is 9.81. The van der Waals surface area contributed by atoms with E-state index in [2.05, 4.69) is 401 Å². The summed E-state index contributed by atoms with van der Waals surface area (Å²) in [6, 6.07) is 138. The van der Waals surface area contributed by atoms with E-state index in [0.717, 1.165) is 34.1 Å². The minimum atomic E-state index is -0.191. The van der Waals surface area contributed by atoms with Crippen LogP contribution in [0.4, 0.5) is 34.1 Å². The Balaban J connectivity index is 0.649. The molecule has 2 aliphatic rings. The minimum Gasteiger partial charge on any atom is -0.310 e. The minimum absolute atomic E-state index is 0.167. The summed E-state index contributed by atoms with van der Waals surface area (Å²) >= 11 is 3.77. The van der Waals surface area contributed by atoms with Gasteiger partial charge in [0.05, 0.1) is 5.69 Å². The summed E-state index contributed by atoms with van der Waals surface area (Å²) in [5, 5.41) is 20.1. The molecule has 0 N–H and O–H groups in total. The molecule has 2 nitrogen and oxygen atoms in total. The Hall–Kier alpha value is -13.2. The monoisotopic (exact) mass is 1460 g/mol. The van der Waals surface area contributed by atoms with Crippen LogP contribution in [0.3, 0.4) is 0 Å². The van der Waals surface area contributed by atoms with Crippen molar-refractivity contribution in [2.45, 2.75) is 38.5 Å². The number of benzene rings is 19. The van der Waals surface area contributed by atoms with Crippen molar-refractivity contribution in [3.05, 3.63) is 386 Å². The summed E-state index contributed by atoms with van der Waals surface area (Å²) in [7, 11) is 0. The first-order valence-corrected chi connectivity index (χ1v) is 40.6. The highest BCUT2D eigenvalue weighted by Gasteiger charge is 2.38. The Morgan fingerprint density at radius 2 is 0.518 bits per heavy atom. The van der Waals surface area contributed by atoms with Crippen molar-refractivity contribution in [1.82, 2.24) is 0 Å². The normalized spacial score (nSPS) is 13.3. The van der Waals surface area contributed by atoms with Crippen molar-refractivity contribution in [1.29, 1.82) is 0 Å². The number of nitrogens with zero attached hydrogens (tertiary/aromatic N) is 2. The van der Waals surface area contributed by atoms with E-state index in [0.29, 0.717) is 0 Å². The van der Waals surface area contributed by atoms with Crippen molar-refractivity contribution >= 4 is 162 Å². The fourth-order valence-electron chi connectivity index (χ4n) is 19.5. The van der Waals surface area contributed by atoms with Crippen molar-refractivity contribution < 1.29 is 0 Å². The van der Waals surface area contributed by atoms with Gasteiger partial charge in [0.15, 0.2) is 0 Å². The zero-order valence-electron chi connectivity index (χ0n) is 62.4. The predicted molar refractivity (Wildman–Crippen MR) is 483 cm³/mol. The molecule has 4 heteroatoms. The third-order valence-corrected chi connectivity index (χ3v) is 27.3. The molecule has 2 heterocycles. The third-order valence-electron chi connectivity index (χ3n) is 25.0. The maximum atomic E-state index is 2.56. The number of thiophene rings is 2. The summed E-state index contributed by atoms with van der Waals surface area (Å²) in [4.78, 5) is 5.04. The molecule has 112 heavy (non-hydrogen) atoms. The van der Waals surface area contributed by atoms with Gasteiger partial charge in [0, 0.05) is 85.2 Å². The zero-order valence-corrected chi connectivity index (χ0v) is 64.0. The maximum absolute atomic E-state index is 2.56. The molecular formula is C108H72N2S2. The van der Waals surface area contributed by atoms with Gasteiger partial charge in [-0.3, -0.25) is 0 Å². The first-order chi connectivity index (χ1) is 55.0. The number of anilines is 6. The van der Waals surface area contributed by atoms with E-state index in [1.165, 1.54) is 194 Å². The Morgan fingerprint density at radius 1 is 0.179 bits per heavy atom. The lowest BCUT2D eigenvalue weighted by Gasteiger charge is -2.30. The highest BCUT2D eigenvalue weighted by Crippen LogP contribution is 2.56. The van der Waals surface area contributed by atoms with Gasteiger partial charge >= 0.3 is 0 Å². The van der Waals surface area contributed by atoms with Crippen LogP contribution < -0.4 is 9.80 Å². The van der Waals surface area contributed by atoms with Gasteiger partial charge in [-0.25, -0.2) is 0 Å². The van der Waals surface area contributed by atoms with Crippen LogP contribution in [0.2, 0.25) is 0 Å². The standard InChI is InChI=1S/C108H72N2S2/c1-107(2)98-36-20-17-33-84(98)86-53-47-73(59-100(86)107)109(71-45-51-81-77-29-12-11-27-75(77)76-28-13-16-32-80(76)94(81)57-71)70-43-39-67(40-44-70)91-63-105-96(61-90(91)65-23-7-5-8-24-65)89-50-42-69(56-104(89)112-105)68-41-49-83-93(55-68)79-31-15-14-30-78(79)82-52-46-72(58-95(82)83)110(74-48-54-87-85-34-18-21-37-99(85)108(3,4)101(87)60-74)102-64-106-97(88-35-19-22-38-103(88)111-106)62-92(102)66-25-9-6-10-26-66/h5-64H,1-4H3. The quantitative estimate of drug-likeness (QED) is 0.126. The second kappa shape index (κ2) is 24.6. The van der Waals surface area contributed by atoms with Crippen LogP contribution in [0.15, 0.2) is 364 Å². The molecule has 23 rings (SSSR count). The average Bonchev–Trinajstić information content (AvgIpc) is 1.62. The van der Waals surface area contributed by atoms with Gasteiger partial charge in [0.1, 0.15) is 0 Å². The summed E-state index contributed by atoms with van der Waals surface area (Å²) < 4.78 is 5.09. The molecule has 0 radical (unpaired) electrons. The highest BCUT2D eigenvalue weighted by atomic mass is 32.1. The topological polar surface area (TPSA) is 6.48 Å². The zero-order chi connectivity index (χ0) is 74.2. The molecule has 2 aliphatic carbocycles. The van der Waals surface area contributed by atoms with E-state index in [1.807, 2.05) is 22.7 Å². The molecule has 0 saturated carbocycles. The Bertz CT molecular complexity index is 7530. The number of fused-ring (bicyclic) bond motifs is 24. The molecule has 0 aliphatic heterocycles. The largest absolute Gasteiger partial charge is 0.310 e. The SMILES string of the molecule is CC1(C)c2ccccc2-c2ccc(N(c3ccc(-c4cc5sc6cc(-c7ccc8c(c7)c7ccccc7c7ccc(N(c9ccc%10c(c9)C(C)(C)c9ccccc9-%10)c9cc%10sc%11ccccc%11c%10cc9-c9ccccc9)cc78)ccc6c5cc4-c4ccccc4)cc3)c3ccc4c5ccccc5c5ccccc5c4c3)cc21. The van der Waals surface area contributed by atoms with Gasteiger partial charge in [-0.05, 0) is 251 Å². The molecule has 0 fully saturated rings. The lowest BCUT2D eigenvalue weighted by atomic mass is 9.82. The fraction of sp³-hybridized carbons (Fsp3) is 0.0556. The van der Waals surface area contributed by atoms with Gasteiger partial charge in [-0.1, -0.05) is 289 Å². The van der Waals surface area contributed by atoms with E-state index < -0.39 is 0 Å². The molecule has 0 bridgehead atoms. The molecular weight excluding hydrogens is 1390 g/mol. The van der Waals surface area contributed by atoms with Gasteiger partial charge in [-0.2, -0.15) is 0 Å². The number of hydrogen-bond donors (Lipinski definition) is 0. The van der Waals surface area contributed by atoms with E-state index >= 15 is 0 Å². The maximum Gasteiger partial charge on any atom is 0.0554 e. The van der Waals surface area contributed by atoms with Crippen molar-refractivity contribution in [3.63, 3.8) is 0 Å². The van der Waals surface area contributed by atoms with Crippen molar-refractivity contribution in [2.75, 3.05) is 9.80 Å². The molecule has 0 spiro atoms. The predicted octanol–water partition coefficient (Wildman–Crippen LogP) is 31.6. The van der Waals surface area contributed by atoms with Crippen LogP contribution in [0.5, 0.6) is 0 Å². The van der Waals surface area contributed by atoms with Crippen LogP contribution in [-0.4, -0.2) is 0 Å². The summed E-state index contributed by atoms with van der Waals surface area (Å²) in [5.41, 5.74) is 26.6. The molecule has 0 saturated heterocycles. The Morgan fingerprint density at radius 3 is 1.10 bits per heavy atom. The van der Waals surface area contributed by atoms with E-state index in [9.17, 15) is 0 Å². The molecule has 0 amide bonds. The van der Waals surface area contributed by atoms with Crippen molar-refractivity contribution in [3.8, 4) is 66.8 Å². The van der Waals surface area contributed by atoms with Crippen molar-refractivity contribution in [2.24, 2.45) is 0 Å². The Labute approximate surface area is 658 Å². The second-order valence-corrected chi connectivity index (χ2v) is 33.9. The Kier molecular flexibility index (Phi) is 14.2. The second-order valence-electron chi connectivity index (χ2n) is 31.8. The molecule has 526 valence electrons. The molecule has 0 atom stereocenters. The van der Waals surface area contributed by atoms with Gasteiger partial charge in [0.25, 0.3) is 0 Å². The smallest absolute Gasteiger partial charge is 0.0554 e. The summed E-state index contributed by atoms with van der Waals surface area (Å²) in [6.45, 7) is 9.54. The van der Waals surface area contributed by atoms with Crippen LogP contribution in [0.1, 0.15) is 49.9 Å². The van der Waals surface area contributed by atoms with Crippen LogP contribution in [-0.2, 0) is 10.8 Å². The molecule has 0 unspecified atom stereocenters. The average molecular weight is 1460 g/mol. The highest BCUT2D eigenvalue weighted by molar-refractivity contribution is 7.26. The molecule has 19 aromatic carbocycles. The van der Waals surface area contributed by atoms with E-state index in [-0.39, 0.29) is 10.8 Å². The lowest BCUT2D eigenvalue weighted by molar-refractivity contribution is 0.660.